The van der Waals surface area contributed by atoms with Crippen LogP contribution in [0.5, 0.6) is 0 Å². The first-order valence-corrected chi connectivity index (χ1v) is 8.76. The number of nitrogens with two attached hydrogens (primary N) is 1. The van der Waals surface area contributed by atoms with Crippen molar-refractivity contribution < 1.29 is 9.32 Å². The lowest BCUT2D eigenvalue weighted by Crippen LogP contribution is -2.49. The van der Waals surface area contributed by atoms with E-state index in [1.54, 1.807) is 18.6 Å². The lowest BCUT2D eigenvalue weighted by molar-refractivity contribution is 0.0746. The summed E-state index contributed by atoms with van der Waals surface area (Å²) in [6.07, 6.45) is 5.07. The molecule has 1 amide bonds. The number of rotatable bonds is 3. The molecule has 1 aliphatic rings. The van der Waals surface area contributed by atoms with Gasteiger partial charge in [-0.05, 0) is 24.6 Å². The fourth-order valence-electron chi connectivity index (χ4n) is 3.32. The zero-order chi connectivity index (χ0) is 18.8. The summed E-state index contributed by atoms with van der Waals surface area (Å²) in [7, 11) is 0. The first-order valence-electron chi connectivity index (χ1n) is 8.76. The first-order chi connectivity index (χ1) is 13.1. The molecule has 1 saturated heterocycles. The SMILES string of the molecule is Cc1noc(N)c1-c1cccc(C(=O)N2CCN(c3cnccn3)CC2)c1. The number of amides is 1. The average molecular weight is 364 g/mol. The highest BCUT2D eigenvalue weighted by molar-refractivity contribution is 5.96. The molecule has 1 aliphatic heterocycles. The molecule has 0 bridgehead atoms. The number of benzene rings is 1. The van der Waals surface area contributed by atoms with Crippen LogP contribution in [-0.2, 0) is 0 Å². The molecule has 3 aromatic rings. The quantitative estimate of drug-likeness (QED) is 0.758. The van der Waals surface area contributed by atoms with E-state index in [1.807, 2.05) is 36.1 Å². The highest BCUT2D eigenvalue weighted by atomic mass is 16.5. The maximum atomic E-state index is 12.9. The largest absolute Gasteiger partial charge is 0.367 e. The topological polar surface area (TPSA) is 101 Å². The molecule has 27 heavy (non-hydrogen) atoms. The molecule has 3 heterocycles. The minimum Gasteiger partial charge on any atom is -0.367 e. The number of piperazine rings is 1. The van der Waals surface area contributed by atoms with E-state index in [-0.39, 0.29) is 11.8 Å². The lowest BCUT2D eigenvalue weighted by Gasteiger charge is -2.35. The van der Waals surface area contributed by atoms with Gasteiger partial charge in [0.05, 0.1) is 17.5 Å². The molecule has 0 aliphatic carbocycles. The molecule has 8 heteroatoms. The molecular formula is C19H20N6O2. The predicted octanol–water partition coefficient (Wildman–Crippen LogP) is 1.98. The molecule has 138 valence electrons. The van der Waals surface area contributed by atoms with Gasteiger partial charge < -0.3 is 20.1 Å². The fourth-order valence-corrected chi connectivity index (χ4v) is 3.32. The smallest absolute Gasteiger partial charge is 0.253 e. The molecule has 4 rings (SSSR count). The van der Waals surface area contributed by atoms with Crippen molar-refractivity contribution in [3.05, 3.63) is 54.1 Å². The highest BCUT2D eigenvalue weighted by Crippen LogP contribution is 2.30. The molecular weight excluding hydrogens is 344 g/mol. The minimum absolute atomic E-state index is 0.00308. The number of hydrogen-bond acceptors (Lipinski definition) is 7. The van der Waals surface area contributed by atoms with Crippen LogP contribution in [0.2, 0.25) is 0 Å². The number of carbonyl (C=O) groups excluding carboxylic acids is 1. The van der Waals surface area contributed by atoms with Crippen molar-refractivity contribution in [3.63, 3.8) is 0 Å². The van der Waals surface area contributed by atoms with Gasteiger partial charge in [0.15, 0.2) is 0 Å². The van der Waals surface area contributed by atoms with Crippen molar-refractivity contribution in [2.75, 3.05) is 36.8 Å². The minimum atomic E-state index is 0.00308. The Hall–Kier alpha value is -3.42. The van der Waals surface area contributed by atoms with Crippen molar-refractivity contribution in [3.8, 4) is 11.1 Å². The third-order valence-electron chi connectivity index (χ3n) is 4.73. The number of aryl methyl sites for hydroxylation is 1. The summed E-state index contributed by atoms with van der Waals surface area (Å²) in [5, 5.41) is 3.88. The van der Waals surface area contributed by atoms with E-state index in [2.05, 4.69) is 20.0 Å². The summed E-state index contributed by atoms with van der Waals surface area (Å²) in [5.74, 6) is 1.10. The summed E-state index contributed by atoms with van der Waals surface area (Å²) in [5.41, 5.74) is 8.76. The summed E-state index contributed by atoms with van der Waals surface area (Å²) in [6, 6.07) is 7.41. The molecule has 2 aromatic heterocycles. The van der Waals surface area contributed by atoms with Crippen LogP contribution in [0.15, 0.2) is 47.4 Å². The molecule has 1 aromatic carbocycles. The van der Waals surface area contributed by atoms with Crippen LogP contribution in [0.4, 0.5) is 11.7 Å². The second kappa shape index (κ2) is 7.06. The van der Waals surface area contributed by atoms with E-state index in [0.717, 1.165) is 30.0 Å². The molecule has 2 N–H and O–H groups in total. The van der Waals surface area contributed by atoms with Gasteiger partial charge in [0.1, 0.15) is 5.82 Å². The van der Waals surface area contributed by atoms with Crippen LogP contribution >= 0.6 is 0 Å². The molecule has 0 saturated carbocycles. The zero-order valence-corrected chi connectivity index (χ0v) is 15.0. The summed E-state index contributed by atoms with van der Waals surface area (Å²) in [4.78, 5) is 25.4. The molecule has 0 unspecified atom stereocenters. The van der Waals surface area contributed by atoms with Crippen molar-refractivity contribution in [2.24, 2.45) is 0 Å². The van der Waals surface area contributed by atoms with E-state index < -0.39 is 0 Å². The Morgan fingerprint density at radius 2 is 2.00 bits per heavy atom. The Labute approximate surface area is 156 Å². The van der Waals surface area contributed by atoms with E-state index in [1.165, 1.54) is 0 Å². The van der Waals surface area contributed by atoms with Gasteiger partial charge in [-0.25, -0.2) is 4.98 Å². The van der Waals surface area contributed by atoms with E-state index >= 15 is 0 Å². The summed E-state index contributed by atoms with van der Waals surface area (Å²) >= 11 is 0. The van der Waals surface area contributed by atoms with Crippen LogP contribution < -0.4 is 10.6 Å². The van der Waals surface area contributed by atoms with Gasteiger partial charge in [-0.3, -0.25) is 9.78 Å². The Kier molecular flexibility index (Phi) is 4.45. The second-order valence-corrected chi connectivity index (χ2v) is 6.43. The number of anilines is 2. The van der Waals surface area contributed by atoms with Crippen LogP contribution in [0, 0.1) is 6.92 Å². The average Bonchev–Trinajstić information content (AvgIpc) is 3.06. The van der Waals surface area contributed by atoms with Gasteiger partial charge in [0.2, 0.25) is 5.88 Å². The third kappa shape index (κ3) is 3.33. The number of hydrogen-bond donors (Lipinski definition) is 1. The maximum Gasteiger partial charge on any atom is 0.253 e. The van der Waals surface area contributed by atoms with Gasteiger partial charge in [-0.1, -0.05) is 17.3 Å². The van der Waals surface area contributed by atoms with Gasteiger partial charge in [0, 0.05) is 44.1 Å². The normalized spacial score (nSPS) is 14.4. The predicted molar refractivity (Wildman–Crippen MR) is 101 cm³/mol. The van der Waals surface area contributed by atoms with Crippen LogP contribution in [0.1, 0.15) is 16.1 Å². The summed E-state index contributed by atoms with van der Waals surface area (Å²) < 4.78 is 5.04. The first kappa shape index (κ1) is 17.0. The lowest BCUT2D eigenvalue weighted by atomic mass is 10.0. The maximum absolute atomic E-state index is 12.9. The van der Waals surface area contributed by atoms with Crippen molar-refractivity contribution in [1.82, 2.24) is 20.0 Å². The molecule has 8 nitrogen and oxygen atoms in total. The van der Waals surface area contributed by atoms with Gasteiger partial charge >= 0.3 is 0 Å². The Bertz CT molecular complexity index is 928. The fraction of sp³-hybridized carbons (Fsp3) is 0.263. The van der Waals surface area contributed by atoms with E-state index in [9.17, 15) is 4.79 Å². The van der Waals surface area contributed by atoms with Gasteiger partial charge in [0.25, 0.3) is 5.91 Å². The van der Waals surface area contributed by atoms with Crippen LogP contribution in [0.25, 0.3) is 11.1 Å². The van der Waals surface area contributed by atoms with Crippen LogP contribution in [-0.4, -0.2) is 52.1 Å². The van der Waals surface area contributed by atoms with Crippen molar-refractivity contribution >= 4 is 17.6 Å². The Balaban J connectivity index is 1.49. The van der Waals surface area contributed by atoms with Gasteiger partial charge in [-0.2, -0.15) is 0 Å². The molecule has 0 radical (unpaired) electrons. The number of carbonyl (C=O) groups is 1. The molecule has 0 spiro atoms. The monoisotopic (exact) mass is 364 g/mol. The van der Waals surface area contributed by atoms with Gasteiger partial charge in [-0.15, -0.1) is 0 Å². The Morgan fingerprint density at radius 1 is 1.19 bits per heavy atom. The number of nitrogen functional groups attached to an aromatic ring is 1. The van der Waals surface area contributed by atoms with Crippen molar-refractivity contribution in [1.29, 1.82) is 0 Å². The Morgan fingerprint density at radius 3 is 2.67 bits per heavy atom. The van der Waals surface area contributed by atoms with Crippen LogP contribution in [0.3, 0.4) is 0 Å². The molecule has 0 atom stereocenters. The second-order valence-electron chi connectivity index (χ2n) is 6.43. The molecule has 1 fully saturated rings. The third-order valence-corrected chi connectivity index (χ3v) is 4.73. The zero-order valence-electron chi connectivity index (χ0n) is 15.0. The van der Waals surface area contributed by atoms with Crippen molar-refractivity contribution in [2.45, 2.75) is 6.92 Å². The highest BCUT2D eigenvalue weighted by Gasteiger charge is 2.23. The van der Waals surface area contributed by atoms with E-state index in [4.69, 9.17) is 10.3 Å². The van der Waals surface area contributed by atoms with E-state index in [0.29, 0.717) is 24.3 Å². The number of nitrogens with zero attached hydrogens (tertiary/aromatic N) is 5. The number of aromatic nitrogens is 3. The summed E-state index contributed by atoms with van der Waals surface area (Å²) in [6.45, 7) is 4.54. The standard InChI is InChI=1S/C19H20N6O2/c1-13-17(18(20)27-23-13)14-3-2-4-15(11-14)19(26)25-9-7-24(8-10-25)16-12-21-5-6-22-16/h2-6,11-12H,7-10,20H2,1H3.